The molecule has 0 bridgehead atoms. The SMILES string of the molecule is CCCc1sc(NC(=O)c2ccnn2C)nc1-c1ccc(-c2ccccc2)cc1. The van der Waals surface area contributed by atoms with E-state index in [4.69, 9.17) is 4.98 Å². The fourth-order valence-corrected chi connectivity index (χ4v) is 4.32. The number of rotatable bonds is 6. The highest BCUT2D eigenvalue weighted by Gasteiger charge is 2.16. The van der Waals surface area contributed by atoms with Crippen LogP contribution in [0.1, 0.15) is 28.7 Å². The van der Waals surface area contributed by atoms with Crippen molar-refractivity contribution >= 4 is 22.4 Å². The molecule has 0 saturated carbocycles. The summed E-state index contributed by atoms with van der Waals surface area (Å²) in [5.41, 5.74) is 4.87. The molecule has 0 unspecified atom stereocenters. The smallest absolute Gasteiger partial charge is 0.275 e. The van der Waals surface area contributed by atoms with Crippen LogP contribution in [0, 0.1) is 0 Å². The number of carbonyl (C=O) groups excluding carboxylic acids is 1. The molecule has 1 amide bonds. The van der Waals surface area contributed by atoms with Gasteiger partial charge in [0.25, 0.3) is 5.91 Å². The Kier molecular flexibility index (Phi) is 5.53. The molecule has 4 aromatic rings. The first-order chi connectivity index (χ1) is 14.2. The molecule has 6 heteroatoms. The second-order valence-electron chi connectivity index (χ2n) is 6.78. The topological polar surface area (TPSA) is 59.8 Å². The number of thiazole rings is 1. The Morgan fingerprint density at radius 2 is 1.69 bits per heavy atom. The Morgan fingerprint density at radius 1 is 1.00 bits per heavy atom. The Bertz CT molecular complexity index is 1110. The van der Waals surface area contributed by atoms with Crippen molar-refractivity contribution in [2.75, 3.05) is 5.32 Å². The van der Waals surface area contributed by atoms with Gasteiger partial charge >= 0.3 is 0 Å². The molecular formula is C23H22N4OS. The highest BCUT2D eigenvalue weighted by molar-refractivity contribution is 7.16. The van der Waals surface area contributed by atoms with E-state index in [9.17, 15) is 4.79 Å². The second kappa shape index (κ2) is 8.41. The van der Waals surface area contributed by atoms with Crippen molar-refractivity contribution in [1.29, 1.82) is 0 Å². The summed E-state index contributed by atoms with van der Waals surface area (Å²) < 4.78 is 1.55. The van der Waals surface area contributed by atoms with Crippen molar-refractivity contribution in [2.45, 2.75) is 19.8 Å². The average Bonchev–Trinajstić information content (AvgIpc) is 3.35. The minimum atomic E-state index is -0.201. The molecule has 0 spiro atoms. The highest BCUT2D eigenvalue weighted by atomic mass is 32.1. The van der Waals surface area contributed by atoms with Crippen LogP contribution in [0.25, 0.3) is 22.4 Å². The van der Waals surface area contributed by atoms with Crippen molar-refractivity contribution in [3.63, 3.8) is 0 Å². The molecule has 2 aromatic carbocycles. The first-order valence-corrected chi connectivity index (χ1v) is 10.4. The number of nitrogens with one attached hydrogen (secondary N) is 1. The van der Waals surface area contributed by atoms with Gasteiger partial charge in [-0.15, -0.1) is 11.3 Å². The lowest BCUT2D eigenvalue weighted by atomic mass is 10.0. The molecule has 2 heterocycles. The predicted octanol–water partition coefficient (Wildman–Crippen LogP) is 5.42. The molecule has 0 atom stereocenters. The highest BCUT2D eigenvalue weighted by Crippen LogP contribution is 2.33. The van der Waals surface area contributed by atoms with Crippen LogP contribution in [-0.4, -0.2) is 20.7 Å². The van der Waals surface area contributed by atoms with Crippen LogP contribution in [0.3, 0.4) is 0 Å². The van der Waals surface area contributed by atoms with Crippen molar-refractivity contribution in [3.8, 4) is 22.4 Å². The van der Waals surface area contributed by atoms with Crippen molar-refractivity contribution < 1.29 is 4.79 Å². The third-order valence-electron chi connectivity index (χ3n) is 4.71. The Morgan fingerprint density at radius 3 is 2.34 bits per heavy atom. The number of amides is 1. The fourth-order valence-electron chi connectivity index (χ4n) is 3.24. The zero-order chi connectivity index (χ0) is 20.2. The van der Waals surface area contributed by atoms with Gasteiger partial charge in [-0.2, -0.15) is 5.10 Å². The van der Waals surface area contributed by atoms with Crippen LogP contribution in [-0.2, 0) is 13.5 Å². The minimum absolute atomic E-state index is 0.201. The molecule has 0 aliphatic rings. The number of aromatic nitrogens is 3. The molecule has 0 radical (unpaired) electrons. The van der Waals surface area contributed by atoms with Gasteiger partial charge in [-0.3, -0.25) is 14.8 Å². The number of hydrogen-bond donors (Lipinski definition) is 1. The number of benzene rings is 2. The van der Waals surface area contributed by atoms with Crippen LogP contribution < -0.4 is 5.32 Å². The molecule has 29 heavy (non-hydrogen) atoms. The first-order valence-electron chi connectivity index (χ1n) is 9.60. The molecule has 4 rings (SSSR count). The maximum atomic E-state index is 12.5. The zero-order valence-electron chi connectivity index (χ0n) is 16.4. The second-order valence-corrected chi connectivity index (χ2v) is 7.86. The Hall–Kier alpha value is -3.25. The molecule has 5 nitrogen and oxygen atoms in total. The quantitative estimate of drug-likeness (QED) is 0.469. The molecule has 0 fully saturated rings. The minimum Gasteiger partial charge on any atom is -0.296 e. The normalized spacial score (nSPS) is 10.8. The number of nitrogens with zero attached hydrogens (tertiary/aromatic N) is 3. The summed E-state index contributed by atoms with van der Waals surface area (Å²) in [6.45, 7) is 2.15. The van der Waals surface area contributed by atoms with E-state index in [1.165, 1.54) is 27.3 Å². The summed E-state index contributed by atoms with van der Waals surface area (Å²) in [7, 11) is 1.75. The first kappa shape index (κ1) is 19.1. The summed E-state index contributed by atoms with van der Waals surface area (Å²) in [6.07, 6.45) is 3.56. The lowest BCUT2D eigenvalue weighted by Gasteiger charge is -2.05. The van der Waals surface area contributed by atoms with E-state index in [0.29, 0.717) is 10.8 Å². The number of anilines is 1. The van der Waals surface area contributed by atoms with Crippen LogP contribution in [0.5, 0.6) is 0 Å². The average molecular weight is 403 g/mol. The monoisotopic (exact) mass is 402 g/mol. The van der Waals surface area contributed by atoms with E-state index in [1.54, 1.807) is 24.0 Å². The van der Waals surface area contributed by atoms with E-state index >= 15 is 0 Å². The van der Waals surface area contributed by atoms with E-state index in [-0.39, 0.29) is 5.91 Å². The van der Waals surface area contributed by atoms with Gasteiger partial charge in [-0.25, -0.2) is 4.98 Å². The van der Waals surface area contributed by atoms with Gasteiger partial charge in [-0.1, -0.05) is 67.9 Å². The molecule has 0 aliphatic heterocycles. The van der Waals surface area contributed by atoms with E-state index < -0.39 is 0 Å². The van der Waals surface area contributed by atoms with Gasteiger partial charge in [0.1, 0.15) is 5.69 Å². The third kappa shape index (κ3) is 4.12. The van der Waals surface area contributed by atoms with Gasteiger partial charge in [0.15, 0.2) is 5.13 Å². The lowest BCUT2D eigenvalue weighted by molar-refractivity contribution is 0.101. The van der Waals surface area contributed by atoms with Gasteiger partial charge in [0, 0.05) is 23.7 Å². The van der Waals surface area contributed by atoms with Crippen molar-refractivity contribution in [1.82, 2.24) is 14.8 Å². The van der Waals surface area contributed by atoms with E-state index in [0.717, 1.165) is 24.1 Å². The summed E-state index contributed by atoms with van der Waals surface area (Å²) in [6, 6.07) is 20.4. The lowest BCUT2D eigenvalue weighted by Crippen LogP contribution is -2.15. The third-order valence-corrected chi connectivity index (χ3v) is 5.74. The van der Waals surface area contributed by atoms with Gasteiger partial charge < -0.3 is 0 Å². The van der Waals surface area contributed by atoms with Crippen LogP contribution in [0.2, 0.25) is 0 Å². The molecule has 0 saturated heterocycles. The van der Waals surface area contributed by atoms with Crippen LogP contribution in [0.15, 0.2) is 66.9 Å². The van der Waals surface area contributed by atoms with Gasteiger partial charge in [-0.05, 0) is 23.6 Å². The maximum absolute atomic E-state index is 12.5. The molecule has 2 aromatic heterocycles. The number of hydrogen-bond acceptors (Lipinski definition) is 4. The Balaban J connectivity index is 1.61. The van der Waals surface area contributed by atoms with E-state index in [1.807, 2.05) is 18.2 Å². The predicted molar refractivity (Wildman–Crippen MR) is 118 cm³/mol. The fraction of sp³-hybridized carbons (Fsp3) is 0.174. The summed E-state index contributed by atoms with van der Waals surface area (Å²) in [4.78, 5) is 18.4. The summed E-state index contributed by atoms with van der Waals surface area (Å²) >= 11 is 1.54. The van der Waals surface area contributed by atoms with Gasteiger partial charge in [0.05, 0.1) is 5.69 Å². The number of carbonyl (C=O) groups is 1. The molecule has 0 aliphatic carbocycles. The maximum Gasteiger partial charge on any atom is 0.275 e. The number of aryl methyl sites for hydroxylation is 2. The van der Waals surface area contributed by atoms with Crippen molar-refractivity contribution in [3.05, 3.63) is 77.4 Å². The molecule has 1 N–H and O–H groups in total. The Labute approximate surface area is 174 Å². The van der Waals surface area contributed by atoms with E-state index in [2.05, 4.69) is 53.7 Å². The van der Waals surface area contributed by atoms with Crippen LogP contribution in [0.4, 0.5) is 5.13 Å². The largest absolute Gasteiger partial charge is 0.296 e. The van der Waals surface area contributed by atoms with Crippen LogP contribution >= 0.6 is 11.3 Å². The molecule has 146 valence electrons. The summed E-state index contributed by atoms with van der Waals surface area (Å²) in [5, 5.41) is 7.58. The molecular weight excluding hydrogens is 380 g/mol. The summed E-state index contributed by atoms with van der Waals surface area (Å²) in [5.74, 6) is -0.201. The van der Waals surface area contributed by atoms with Gasteiger partial charge in [0.2, 0.25) is 0 Å². The standard InChI is InChI=1S/C23H22N4OS/c1-3-7-20-21(18-12-10-17(11-13-18)16-8-5-4-6-9-16)25-23(29-20)26-22(28)19-14-15-24-27(19)2/h4-6,8-15H,3,7H2,1-2H3,(H,25,26,28). The zero-order valence-corrected chi connectivity index (χ0v) is 17.2. The van der Waals surface area contributed by atoms with Crippen molar-refractivity contribution in [2.24, 2.45) is 7.05 Å².